The summed E-state index contributed by atoms with van der Waals surface area (Å²) in [5.74, 6) is 0. The number of nitrogens with one attached hydrogen (secondary N) is 1. The molecule has 1 aromatic carbocycles. The van der Waals surface area contributed by atoms with Crippen LogP contribution < -0.4 is 4.72 Å². The van der Waals surface area contributed by atoms with E-state index in [1.807, 2.05) is 13.8 Å². The van der Waals surface area contributed by atoms with E-state index in [9.17, 15) is 13.5 Å². The third-order valence-electron chi connectivity index (χ3n) is 3.01. The van der Waals surface area contributed by atoms with Gasteiger partial charge in [-0.25, -0.2) is 13.1 Å². The lowest BCUT2D eigenvalue weighted by molar-refractivity contribution is 0.0377. The second-order valence-corrected chi connectivity index (χ2v) is 6.90. The maximum absolute atomic E-state index is 12.0. The minimum Gasteiger partial charge on any atom is -0.389 e. The van der Waals surface area contributed by atoms with Crippen molar-refractivity contribution in [3.8, 4) is 0 Å². The SMILES string of the molecule is CCC(O)(CC)CNS(=O)(=O)c1cccc(Br)c1. The number of hydrogen-bond donors (Lipinski definition) is 2. The Morgan fingerprint density at radius 1 is 1.33 bits per heavy atom. The van der Waals surface area contributed by atoms with E-state index in [1.165, 1.54) is 12.1 Å². The first-order chi connectivity index (χ1) is 8.33. The Bertz CT molecular complexity index is 498. The van der Waals surface area contributed by atoms with Gasteiger partial charge in [0.05, 0.1) is 10.5 Å². The smallest absolute Gasteiger partial charge is 0.240 e. The molecule has 18 heavy (non-hydrogen) atoms. The van der Waals surface area contributed by atoms with Gasteiger partial charge in [0.15, 0.2) is 0 Å². The Balaban J connectivity index is 2.84. The van der Waals surface area contributed by atoms with Gasteiger partial charge in [-0.2, -0.15) is 0 Å². The van der Waals surface area contributed by atoms with Crippen LogP contribution in [0, 0.1) is 0 Å². The highest BCUT2D eigenvalue weighted by Crippen LogP contribution is 2.18. The fourth-order valence-electron chi connectivity index (χ4n) is 1.45. The van der Waals surface area contributed by atoms with Crippen molar-refractivity contribution in [2.75, 3.05) is 6.54 Å². The van der Waals surface area contributed by atoms with Crippen molar-refractivity contribution in [3.05, 3.63) is 28.7 Å². The van der Waals surface area contributed by atoms with Gasteiger partial charge >= 0.3 is 0 Å². The standard InChI is InChI=1S/C12H18BrNO3S/c1-3-12(15,4-2)9-14-18(16,17)11-7-5-6-10(13)8-11/h5-8,14-15H,3-4,9H2,1-2H3. The fraction of sp³-hybridized carbons (Fsp3) is 0.500. The summed E-state index contributed by atoms with van der Waals surface area (Å²) in [7, 11) is -3.58. The summed E-state index contributed by atoms with van der Waals surface area (Å²) in [6, 6.07) is 6.46. The van der Waals surface area contributed by atoms with Gasteiger partial charge in [0.25, 0.3) is 0 Å². The summed E-state index contributed by atoms with van der Waals surface area (Å²) < 4.78 is 27.2. The van der Waals surface area contributed by atoms with E-state index >= 15 is 0 Å². The van der Waals surface area contributed by atoms with E-state index in [2.05, 4.69) is 20.7 Å². The maximum Gasteiger partial charge on any atom is 0.240 e. The molecule has 0 saturated heterocycles. The summed E-state index contributed by atoms with van der Waals surface area (Å²) in [6.07, 6.45) is 1.01. The molecule has 0 aliphatic heterocycles. The van der Waals surface area contributed by atoms with E-state index in [0.717, 1.165) is 0 Å². The predicted molar refractivity (Wildman–Crippen MR) is 74.9 cm³/mol. The zero-order valence-corrected chi connectivity index (χ0v) is 12.9. The zero-order valence-electron chi connectivity index (χ0n) is 10.5. The van der Waals surface area contributed by atoms with Gasteiger partial charge in [0, 0.05) is 11.0 Å². The molecule has 1 aromatic rings. The molecular formula is C12H18BrNO3S. The molecule has 0 atom stereocenters. The van der Waals surface area contributed by atoms with Gasteiger partial charge in [0.2, 0.25) is 10.0 Å². The molecule has 0 amide bonds. The number of rotatable bonds is 6. The van der Waals surface area contributed by atoms with E-state index in [-0.39, 0.29) is 11.4 Å². The number of benzene rings is 1. The van der Waals surface area contributed by atoms with Gasteiger partial charge in [-0.15, -0.1) is 0 Å². The summed E-state index contributed by atoms with van der Waals surface area (Å²) in [5.41, 5.74) is -0.987. The Morgan fingerprint density at radius 3 is 2.44 bits per heavy atom. The molecule has 0 aliphatic carbocycles. The molecule has 0 aromatic heterocycles. The summed E-state index contributed by atoms with van der Waals surface area (Å²) in [5, 5.41) is 10.1. The highest BCUT2D eigenvalue weighted by molar-refractivity contribution is 9.10. The molecule has 6 heteroatoms. The monoisotopic (exact) mass is 335 g/mol. The maximum atomic E-state index is 12.0. The molecule has 0 unspecified atom stereocenters. The second-order valence-electron chi connectivity index (χ2n) is 4.21. The molecular weight excluding hydrogens is 318 g/mol. The van der Waals surface area contributed by atoms with Crippen molar-refractivity contribution >= 4 is 26.0 Å². The van der Waals surface area contributed by atoms with Crippen molar-refractivity contribution in [1.82, 2.24) is 4.72 Å². The minimum atomic E-state index is -3.58. The van der Waals surface area contributed by atoms with Crippen molar-refractivity contribution in [2.24, 2.45) is 0 Å². The van der Waals surface area contributed by atoms with E-state index < -0.39 is 15.6 Å². The third-order valence-corrected chi connectivity index (χ3v) is 4.91. The van der Waals surface area contributed by atoms with Crippen LogP contribution in [0.3, 0.4) is 0 Å². The largest absolute Gasteiger partial charge is 0.389 e. The first kappa shape index (κ1) is 15.6. The molecule has 0 spiro atoms. The number of hydrogen-bond acceptors (Lipinski definition) is 3. The average molecular weight is 336 g/mol. The van der Waals surface area contributed by atoms with Crippen molar-refractivity contribution < 1.29 is 13.5 Å². The highest BCUT2D eigenvalue weighted by atomic mass is 79.9. The van der Waals surface area contributed by atoms with Crippen LogP contribution >= 0.6 is 15.9 Å². The average Bonchev–Trinajstić information content (AvgIpc) is 2.36. The van der Waals surface area contributed by atoms with Gasteiger partial charge in [-0.1, -0.05) is 35.8 Å². The summed E-state index contributed by atoms with van der Waals surface area (Å²) in [4.78, 5) is 0.187. The molecule has 1 rings (SSSR count). The van der Waals surface area contributed by atoms with Crippen molar-refractivity contribution in [2.45, 2.75) is 37.2 Å². The Labute approximate surface area is 117 Å². The Morgan fingerprint density at radius 2 is 1.94 bits per heavy atom. The minimum absolute atomic E-state index is 0.0227. The lowest BCUT2D eigenvalue weighted by Crippen LogP contribution is -2.41. The first-order valence-electron chi connectivity index (χ1n) is 5.80. The molecule has 0 heterocycles. The highest BCUT2D eigenvalue weighted by Gasteiger charge is 2.25. The van der Waals surface area contributed by atoms with E-state index in [1.54, 1.807) is 12.1 Å². The van der Waals surface area contributed by atoms with Crippen LogP contribution in [-0.2, 0) is 10.0 Å². The van der Waals surface area contributed by atoms with Gasteiger partial charge in [-0.05, 0) is 31.0 Å². The van der Waals surface area contributed by atoms with E-state index in [4.69, 9.17) is 0 Å². The van der Waals surface area contributed by atoms with Crippen LogP contribution in [-0.4, -0.2) is 25.7 Å². The third kappa shape index (κ3) is 4.05. The lowest BCUT2D eigenvalue weighted by Gasteiger charge is -2.25. The Hall–Kier alpha value is -0.430. The molecule has 102 valence electrons. The van der Waals surface area contributed by atoms with Crippen LogP contribution in [0.2, 0.25) is 0 Å². The zero-order chi connectivity index (χ0) is 13.8. The summed E-state index contributed by atoms with van der Waals surface area (Å²) >= 11 is 3.23. The molecule has 0 aliphatic rings. The van der Waals surface area contributed by atoms with Gasteiger partial charge in [-0.3, -0.25) is 0 Å². The normalized spacial score (nSPS) is 12.7. The molecule has 0 fully saturated rings. The molecule has 0 saturated carbocycles. The lowest BCUT2D eigenvalue weighted by atomic mass is 9.98. The topological polar surface area (TPSA) is 66.4 Å². The van der Waals surface area contributed by atoms with Crippen LogP contribution in [0.4, 0.5) is 0 Å². The quantitative estimate of drug-likeness (QED) is 0.838. The Kier molecular flexibility index (Phi) is 5.33. The fourth-order valence-corrected chi connectivity index (χ4v) is 3.16. The predicted octanol–water partition coefficient (Wildman–Crippen LogP) is 2.28. The van der Waals surface area contributed by atoms with E-state index in [0.29, 0.717) is 17.3 Å². The molecule has 4 nitrogen and oxygen atoms in total. The molecule has 0 radical (unpaired) electrons. The first-order valence-corrected chi connectivity index (χ1v) is 8.08. The van der Waals surface area contributed by atoms with Crippen molar-refractivity contribution in [1.29, 1.82) is 0 Å². The van der Waals surface area contributed by atoms with Crippen LogP contribution in [0.15, 0.2) is 33.6 Å². The number of halogens is 1. The molecule has 2 N–H and O–H groups in total. The van der Waals surface area contributed by atoms with Crippen LogP contribution in [0.25, 0.3) is 0 Å². The van der Waals surface area contributed by atoms with Gasteiger partial charge in [0.1, 0.15) is 0 Å². The number of sulfonamides is 1. The van der Waals surface area contributed by atoms with Crippen molar-refractivity contribution in [3.63, 3.8) is 0 Å². The van der Waals surface area contributed by atoms with Crippen LogP contribution in [0.5, 0.6) is 0 Å². The second kappa shape index (κ2) is 6.14. The molecule has 0 bridgehead atoms. The summed E-state index contributed by atoms with van der Waals surface area (Å²) in [6.45, 7) is 3.68. The number of aliphatic hydroxyl groups is 1. The van der Waals surface area contributed by atoms with Crippen LogP contribution in [0.1, 0.15) is 26.7 Å². The van der Waals surface area contributed by atoms with Gasteiger partial charge < -0.3 is 5.11 Å².